The number of piperidine rings is 1. The Kier molecular flexibility index (Phi) is 11.2. The summed E-state index contributed by atoms with van der Waals surface area (Å²) in [5.41, 5.74) is -1.23. The van der Waals surface area contributed by atoms with Crippen molar-refractivity contribution in [2.45, 2.75) is 41.9 Å². The lowest BCUT2D eigenvalue weighted by atomic mass is 9.83. The number of alkyl halides is 3. The average molecular weight is 652 g/mol. The molecule has 3 aromatic rings. The molecular weight excluding hydrogens is 620 g/mol. The second kappa shape index (κ2) is 13.6. The smallest absolute Gasteiger partial charge is 0.385 e. The number of sulfonamides is 1. The van der Waals surface area contributed by atoms with Crippen molar-refractivity contribution in [3.05, 3.63) is 99.5 Å². The lowest BCUT2D eigenvalue weighted by molar-refractivity contribution is -0.137. The highest BCUT2D eigenvalue weighted by Crippen LogP contribution is 2.40. The maximum absolute atomic E-state index is 13.4. The molecule has 0 aliphatic carbocycles. The number of hydrogen-bond donors (Lipinski definition) is 1. The zero-order valence-electron chi connectivity index (χ0n) is 22.3. The fraction of sp³-hybridized carbons (Fsp3) is 0.379. The third-order valence-electron chi connectivity index (χ3n) is 7.54. The summed E-state index contributed by atoms with van der Waals surface area (Å²) in [5, 5.41) is 11.4. The summed E-state index contributed by atoms with van der Waals surface area (Å²) in [5.74, 6) is -0.159. The summed E-state index contributed by atoms with van der Waals surface area (Å²) in [7, 11) is -2.14. The molecule has 1 unspecified atom stereocenters. The fourth-order valence-corrected chi connectivity index (χ4v) is 6.77. The molecule has 0 spiro atoms. The van der Waals surface area contributed by atoms with E-state index in [2.05, 4.69) is 4.90 Å². The summed E-state index contributed by atoms with van der Waals surface area (Å²) in [6.45, 7) is 1.79. The Morgan fingerprint density at radius 3 is 2.27 bits per heavy atom. The summed E-state index contributed by atoms with van der Waals surface area (Å²) >= 11 is 12.0. The van der Waals surface area contributed by atoms with Crippen molar-refractivity contribution in [2.75, 3.05) is 33.2 Å². The van der Waals surface area contributed by atoms with Crippen molar-refractivity contribution in [1.29, 1.82) is 0 Å². The van der Waals surface area contributed by atoms with E-state index >= 15 is 0 Å². The molecule has 12 heteroatoms. The minimum Gasteiger partial charge on any atom is -0.385 e. The standard InChI is InChI=1S/C29H31Cl2F3N2O3S.ClH/c1-35(40(38,39)25-8-3-2-4-9-25)20-22(21-6-5-7-24(30)18-21)12-15-36-16-13-28(37,14-17-36)23-10-11-27(31)26(19-23)29(32,33)34;/h2-11,18-19,22,37H,12-17,20H2,1H3;1H. The van der Waals surface area contributed by atoms with E-state index in [1.165, 1.54) is 16.4 Å². The number of nitrogens with zero attached hydrogens (tertiary/aromatic N) is 2. The van der Waals surface area contributed by atoms with Gasteiger partial charge in [0.05, 0.1) is 21.1 Å². The van der Waals surface area contributed by atoms with Crippen molar-refractivity contribution < 1.29 is 26.7 Å². The van der Waals surface area contributed by atoms with Crippen LogP contribution in [0.5, 0.6) is 0 Å². The van der Waals surface area contributed by atoms with Crippen LogP contribution in [0.4, 0.5) is 13.2 Å². The van der Waals surface area contributed by atoms with Gasteiger partial charge in [0, 0.05) is 31.7 Å². The summed E-state index contributed by atoms with van der Waals surface area (Å²) < 4.78 is 67.8. The van der Waals surface area contributed by atoms with Gasteiger partial charge in [-0.15, -0.1) is 12.4 Å². The topological polar surface area (TPSA) is 60.9 Å². The average Bonchev–Trinajstić information content (AvgIpc) is 2.91. The summed E-state index contributed by atoms with van der Waals surface area (Å²) in [6, 6.07) is 19.2. The highest BCUT2D eigenvalue weighted by atomic mass is 35.5. The van der Waals surface area contributed by atoms with Crippen LogP contribution in [0.25, 0.3) is 0 Å². The van der Waals surface area contributed by atoms with Crippen molar-refractivity contribution >= 4 is 45.6 Å². The molecule has 1 N–H and O–H groups in total. The Bertz CT molecular complexity index is 1420. The summed E-state index contributed by atoms with van der Waals surface area (Å²) in [4.78, 5) is 2.35. The molecule has 1 saturated heterocycles. The Labute approximate surface area is 255 Å². The Morgan fingerprint density at radius 1 is 1.00 bits per heavy atom. The number of hydrogen-bond acceptors (Lipinski definition) is 4. The van der Waals surface area contributed by atoms with Gasteiger partial charge in [-0.2, -0.15) is 13.2 Å². The zero-order valence-corrected chi connectivity index (χ0v) is 25.5. The predicted octanol–water partition coefficient (Wildman–Crippen LogP) is 7.21. The Morgan fingerprint density at radius 2 is 1.66 bits per heavy atom. The zero-order chi connectivity index (χ0) is 29.1. The highest BCUT2D eigenvalue weighted by molar-refractivity contribution is 7.89. The molecule has 1 heterocycles. The largest absolute Gasteiger partial charge is 0.417 e. The lowest BCUT2D eigenvalue weighted by Crippen LogP contribution is -2.43. The van der Waals surface area contributed by atoms with Gasteiger partial charge in [0.25, 0.3) is 0 Å². The van der Waals surface area contributed by atoms with E-state index < -0.39 is 32.4 Å². The van der Waals surface area contributed by atoms with Gasteiger partial charge in [0.2, 0.25) is 10.0 Å². The van der Waals surface area contributed by atoms with E-state index in [1.807, 2.05) is 18.2 Å². The Hall–Kier alpha value is -1.85. The maximum atomic E-state index is 13.4. The molecule has 0 bridgehead atoms. The van der Waals surface area contributed by atoms with Crippen molar-refractivity contribution in [2.24, 2.45) is 0 Å². The molecule has 41 heavy (non-hydrogen) atoms. The highest BCUT2D eigenvalue weighted by Gasteiger charge is 2.38. The molecular formula is C29H32Cl3F3N2O3S. The van der Waals surface area contributed by atoms with E-state index in [4.69, 9.17) is 23.2 Å². The second-order valence-electron chi connectivity index (χ2n) is 10.2. The van der Waals surface area contributed by atoms with Gasteiger partial charge in [-0.05, 0) is 79.3 Å². The minimum absolute atomic E-state index is 0. The first-order chi connectivity index (χ1) is 18.8. The third-order valence-corrected chi connectivity index (χ3v) is 9.94. The van der Waals surface area contributed by atoms with Crippen LogP contribution in [0.2, 0.25) is 10.0 Å². The van der Waals surface area contributed by atoms with Crippen LogP contribution < -0.4 is 0 Å². The first kappa shape index (κ1) is 33.6. The number of aliphatic hydroxyl groups is 1. The molecule has 1 fully saturated rings. The van der Waals surface area contributed by atoms with E-state index in [0.29, 0.717) is 31.1 Å². The lowest BCUT2D eigenvalue weighted by Gasteiger charge is -2.39. The first-order valence-electron chi connectivity index (χ1n) is 12.9. The number of likely N-dealkylation sites (tertiary alicyclic amines) is 1. The molecule has 1 aliphatic heterocycles. The molecule has 5 nitrogen and oxygen atoms in total. The van der Waals surface area contributed by atoms with E-state index in [0.717, 1.165) is 11.6 Å². The predicted molar refractivity (Wildman–Crippen MR) is 158 cm³/mol. The van der Waals surface area contributed by atoms with Crippen molar-refractivity contribution in [1.82, 2.24) is 9.21 Å². The van der Waals surface area contributed by atoms with Crippen molar-refractivity contribution in [3.63, 3.8) is 0 Å². The normalized spacial score (nSPS) is 16.8. The first-order valence-corrected chi connectivity index (χ1v) is 15.1. The third kappa shape index (κ3) is 8.16. The van der Waals surface area contributed by atoms with Gasteiger partial charge in [0.15, 0.2) is 0 Å². The van der Waals surface area contributed by atoms with Crippen LogP contribution >= 0.6 is 35.6 Å². The molecule has 1 atom stereocenters. The molecule has 0 aromatic heterocycles. The molecule has 4 rings (SSSR count). The van der Waals surface area contributed by atoms with Gasteiger partial charge < -0.3 is 10.0 Å². The van der Waals surface area contributed by atoms with Gasteiger partial charge in [-0.3, -0.25) is 0 Å². The van der Waals surface area contributed by atoms with Crippen LogP contribution in [0.3, 0.4) is 0 Å². The van der Waals surface area contributed by atoms with Crippen LogP contribution in [-0.4, -0.2) is 56.0 Å². The van der Waals surface area contributed by atoms with Crippen LogP contribution in [0.15, 0.2) is 77.7 Å². The molecule has 224 valence electrons. The van der Waals surface area contributed by atoms with E-state index in [9.17, 15) is 26.7 Å². The minimum atomic E-state index is -4.61. The second-order valence-corrected chi connectivity index (χ2v) is 13.1. The number of rotatable bonds is 9. The van der Waals surface area contributed by atoms with Gasteiger partial charge in [-0.25, -0.2) is 12.7 Å². The van der Waals surface area contributed by atoms with Gasteiger partial charge in [-0.1, -0.05) is 59.6 Å². The molecule has 0 radical (unpaired) electrons. The SMILES string of the molecule is CN(CC(CCN1CCC(O)(c2ccc(Cl)c(C(F)(F)F)c2)CC1)c1cccc(Cl)c1)S(=O)(=O)c1ccccc1.Cl. The molecule has 1 aliphatic rings. The maximum Gasteiger partial charge on any atom is 0.417 e. The fourth-order valence-electron chi connectivity index (χ4n) is 5.11. The van der Waals surface area contributed by atoms with Crippen LogP contribution in [0.1, 0.15) is 41.9 Å². The van der Waals surface area contributed by atoms with Crippen molar-refractivity contribution in [3.8, 4) is 0 Å². The van der Waals surface area contributed by atoms with Gasteiger partial charge >= 0.3 is 6.18 Å². The molecule has 0 saturated carbocycles. The number of halogens is 6. The van der Waals surface area contributed by atoms with Crippen LogP contribution in [-0.2, 0) is 21.8 Å². The Balaban J connectivity index is 0.00000462. The van der Waals surface area contributed by atoms with E-state index in [-0.39, 0.29) is 48.2 Å². The quantitative estimate of drug-likeness (QED) is 0.266. The monoisotopic (exact) mass is 650 g/mol. The van der Waals surface area contributed by atoms with Gasteiger partial charge in [0.1, 0.15) is 0 Å². The number of benzene rings is 3. The number of likely N-dealkylation sites (N-methyl/N-ethyl adjacent to an activating group) is 1. The van der Waals surface area contributed by atoms with Crippen LogP contribution in [0, 0.1) is 0 Å². The summed E-state index contributed by atoms with van der Waals surface area (Å²) in [6.07, 6.45) is -3.47. The van der Waals surface area contributed by atoms with E-state index in [1.54, 1.807) is 43.4 Å². The molecule has 0 amide bonds. The molecule has 3 aromatic carbocycles.